The summed E-state index contributed by atoms with van der Waals surface area (Å²) in [4.78, 5) is 5.58. The molecule has 0 spiro atoms. The maximum atomic E-state index is 2.82. The Kier molecular flexibility index (Phi) is 9.55. The predicted molar refractivity (Wildman–Crippen MR) is 262 cm³/mol. The second-order valence-electron chi connectivity index (χ2n) is 22.0. The molecule has 13 rings (SSSR count). The van der Waals surface area contributed by atoms with Gasteiger partial charge in [0.15, 0.2) is 0 Å². The number of hydrogen-bond donors (Lipinski definition) is 0. The van der Waals surface area contributed by atoms with Crippen LogP contribution in [0, 0.1) is 17.8 Å². The summed E-state index contributed by atoms with van der Waals surface area (Å²) < 4.78 is 0. The lowest BCUT2D eigenvalue weighted by Gasteiger charge is -2.56. The molecule has 0 saturated heterocycles. The lowest BCUT2D eigenvalue weighted by Crippen LogP contribution is -2.61. The predicted octanol–water partition coefficient (Wildman–Crippen LogP) is 14.8. The Balaban J connectivity index is 1.07. The molecule has 0 amide bonds. The number of rotatable bonds is 6. The fraction of sp³-hybridized carbons (Fsp3) is 0.492. The average molecular weight is 815 g/mol. The van der Waals surface area contributed by atoms with Gasteiger partial charge in [-0.2, -0.15) is 0 Å². The minimum absolute atomic E-state index is 0.190. The maximum absolute atomic E-state index is 2.82. The summed E-state index contributed by atoms with van der Waals surface area (Å²) >= 11 is 0. The van der Waals surface area contributed by atoms with Gasteiger partial charge >= 0.3 is 0 Å². The maximum Gasteiger partial charge on any atom is 0.252 e. The third-order valence-corrected chi connectivity index (χ3v) is 18.7. The number of hydrogen-bond acceptors (Lipinski definition) is 2. The Morgan fingerprint density at radius 2 is 1.02 bits per heavy atom. The molecule has 316 valence electrons. The van der Waals surface area contributed by atoms with Crippen molar-refractivity contribution >= 4 is 57.2 Å². The first kappa shape index (κ1) is 38.2. The highest BCUT2D eigenvalue weighted by atomic mass is 15.2. The Morgan fingerprint density at radius 1 is 0.435 bits per heavy atom. The zero-order chi connectivity index (χ0) is 40.8. The summed E-state index contributed by atoms with van der Waals surface area (Å²) in [7, 11) is 0. The van der Waals surface area contributed by atoms with E-state index in [9.17, 15) is 0 Å². The normalized spacial score (nSPS) is 27.2. The van der Waals surface area contributed by atoms with Crippen molar-refractivity contribution in [1.29, 1.82) is 0 Å². The van der Waals surface area contributed by atoms with Crippen molar-refractivity contribution in [3.05, 3.63) is 125 Å². The van der Waals surface area contributed by atoms with Crippen molar-refractivity contribution in [2.24, 2.45) is 17.8 Å². The van der Waals surface area contributed by atoms with Gasteiger partial charge in [-0.1, -0.05) is 119 Å². The van der Waals surface area contributed by atoms with E-state index in [1.165, 1.54) is 192 Å². The van der Waals surface area contributed by atoms with E-state index in [0.29, 0.717) is 17.8 Å². The molecule has 62 heavy (non-hydrogen) atoms. The summed E-state index contributed by atoms with van der Waals surface area (Å²) in [5.41, 5.74) is 19.5. The summed E-state index contributed by atoms with van der Waals surface area (Å²) in [5, 5.41) is 0. The molecule has 8 aliphatic rings. The van der Waals surface area contributed by atoms with Crippen LogP contribution in [0.4, 0.5) is 34.1 Å². The number of fused-ring (bicyclic) bond motifs is 6. The van der Waals surface area contributed by atoms with Gasteiger partial charge in [0.25, 0.3) is 6.71 Å². The second-order valence-corrected chi connectivity index (χ2v) is 22.0. The second kappa shape index (κ2) is 15.5. The molecule has 5 aromatic rings. The van der Waals surface area contributed by atoms with Crippen molar-refractivity contribution in [1.82, 2.24) is 0 Å². The van der Waals surface area contributed by atoms with Crippen molar-refractivity contribution in [3.63, 3.8) is 0 Å². The van der Waals surface area contributed by atoms with Gasteiger partial charge < -0.3 is 9.80 Å². The Morgan fingerprint density at radius 3 is 1.66 bits per heavy atom. The highest BCUT2D eigenvalue weighted by Gasteiger charge is 2.52. The molecule has 3 bridgehead atoms. The van der Waals surface area contributed by atoms with Gasteiger partial charge in [0.2, 0.25) is 0 Å². The van der Waals surface area contributed by atoms with Crippen molar-refractivity contribution in [2.45, 2.75) is 164 Å². The zero-order valence-electron chi connectivity index (χ0n) is 37.3. The first-order chi connectivity index (χ1) is 30.7. The summed E-state index contributed by atoms with van der Waals surface area (Å²) in [6, 6.07) is 42.9. The smallest absolute Gasteiger partial charge is 0.252 e. The van der Waals surface area contributed by atoms with Crippen LogP contribution in [0.2, 0.25) is 0 Å². The van der Waals surface area contributed by atoms with Crippen molar-refractivity contribution in [2.75, 3.05) is 9.80 Å². The molecule has 2 heterocycles. The summed E-state index contributed by atoms with van der Waals surface area (Å²) in [5.74, 6) is 4.75. The van der Waals surface area contributed by atoms with Gasteiger partial charge in [-0.15, -0.1) is 0 Å². The summed E-state index contributed by atoms with van der Waals surface area (Å²) in [6.45, 7) is 0.190. The molecule has 6 fully saturated rings. The van der Waals surface area contributed by atoms with E-state index in [1.54, 1.807) is 22.3 Å². The van der Waals surface area contributed by atoms with Crippen LogP contribution in [-0.4, -0.2) is 6.71 Å². The Bertz CT molecular complexity index is 2480. The largest absolute Gasteiger partial charge is 0.311 e. The van der Waals surface area contributed by atoms with Crippen LogP contribution < -0.4 is 26.2 Å². The number of anilines is 6. The number of nitrogens with zero attached hydrogens (tertiary/aromatic N) is 2. The number of benzene rings is 5. The molecule has 2 nitrogen and oxygen atoms in total. The van der Waals surface area contributed by atoms with Gasteiger partial charge in [-0.05, 0) is 205 Å². The fourth-order valence-corrected chi connectivity index (χ4v) is 15.6. The minimum Gasteiger partial charge on any atom is -0.311 e. The van der Waals surface area contributed by atoms with E-state index < -0.39 is 0 Å². The molecule has 0 N–H and O–H groups in total. The van der Waals surface area contributed by atoms with Crippen molar-refractivity contribution < 1.29 is 0 Å². The molecular formula is C59H67BN2. The molecule has 0 radical (unpaired) electrons. The van der Waals surface area contributed by atoms with Gasteiger partial charge in [0.1, 0.15) is 0 Å². The molecular weight excluding hydrogens is 747 g/mol. The van der Waals surface area contributed by atoms with Gasteiger partial charge in [0.05, 0.1) is 0 Å². The van der Waals surface area contributed by atoms with E-state index in [2.05, 4.69) is 113 Å². The van der Waals surface area contributed by atoms with Crippen LogP contribution in [0.25, 0.3) is 0 Å². The SMILES string of the molecule is c1cc(C2CCCCC2)cc(N2c3ccccc3B3c4ccc(C5CCCCC5)cc4N(c4cccc(C5CCCCC5)c4)c4cc(C56CCC7CCC(CC7C5)C6)cc2c43)c1. The minimum atomic E-state index is 0.190. The molecule has 4 atom stereocenters. The van der Waals surface area contributed by atoms with E-state index in [0.717, 1.165) is 17.8 Å². The van der Waals surface area contributed by atoms with Gasteiger partial charge in [0, 0.05) is 34.1 Å². The van der Waals surface area contributed by atoms with E-state index in [1.807, 2.05) is 0 Å². The van der Waals surface area contributed by atoms with Crippen LogP contribution in [0.5, 0.6) is 0 Å². The molecule has 6 aliphatic carbocycles. The molecule has 0 aromatic heterocycles. The monoisotopic (exact) mass is 815 g/mol. The third-order valence-electron chi connectivity index (χ3n) is 18.7. The van der Waals surface area contributed by atoms with E-state index >= 15 is 0 Å². The standard InChI is InChI=1S/C59H67BN2/c1-4-14-41(15-5-1)45-20-12-22-50(33-45)61-54-25-11-10-24-52(54)60-53-29-28-47(43-18-8-3-9-19-43)35-55(53)62(51-23-13-21-46(34-51)42-16-6-2-7-17-42)57-37-49(36-56(61)58(57)60)59-31-30-44-27-26-40(38-59)32-48(44)39-59/h10-13,20-25,28-29,33-37,40-44,48H,1-9,14-19,26-27,30-32,38-39H2. The lowest BCUT2D eigenvalue weighted by molar-refractivity contribution is 0.00967. The topological polar surface area (TPSA) is 6.48 Å². The number of para-hydroxylation sites is 1. The van der Waals surface area contributed by atoms with Gasteiger partial charge in [-0.25, -0.2) is 0 Å². The molecule has 6 saturated carbocycles. The van der Waals surface area contributed by atoms with Crippen LogP contribution in [0.15, 0.2) is 103 Å². The van der Waals surface area contributed by atoms with Gasteiger partial charge in [-0.3, -0.25) is 0 Å². The van der Waals surface area contributed by atoms with Crippen LogP contribution in [0.3, 0.4) is 0 Å². The average Bonchev–Trinajstić information content (AvgIpc) is 3.34. The fourth-order valence-electron chi connectivity index (χ4n) is 15.6. The Labute approximate surface area is 373 Å². The first-order valence-corrected chi connectivity index (χ1v) is 25.9. The Hall–Kier alpha value is -4.24. The van der Waals surface area contributed by atoms with Crippen LogP contribution in [0.1, 0.15) is 181 Å². The highest BCUT2D eigenvalue weighted by molar-refractivity contribution is 7.00. The van der Waals surface area contributed by atoms with Crippen molar-refractivity contribution in [3.8, 4) is 0 Å². The quantitative estimate of drug-likeness (QED) is 0.154. The highest BCUT2D eigenvalue weighted by Crippen LogP contribution is 2.60. The zero-order valence-corrected chi connectivity index (χ0v) is 37.3. The molecule has 2 aliphatic heterocycles. The molecule has 4 unspecified atom stereocenters. The van der Waals surface area contributed by atoms with Crippen LogP contribution in [-0.2, 0) is 5.41 Å². The lowest BCUT2D eigenvalue weighted by atomic mass is 9.33. The van der Waals surface area contributed by atoms with E-state index in [4.69, 9.17) is 0 Å². The van der Waals surface area contributed by atoms with E-state index in [-0.39, 0.29) is 12.1 Å². The summed E-state index contributed by atoms with van der Waals surface area (Å²) in [6.07, 6.45) is 30.3. The molecule has 5 aromatic carbocycles. The third kappa shape index (κ3) is 6.31. The van der Waals surface area contributed by atoms with Crippen LogP contribution >= 0.6 is 0 Å². The molecule has 3 heteroatoms. The first-order valence-electron chi connectivity index (χ1n) is 25.9.